The molecule has 0 atom stereocenters. The normalized spacial score (nSPS) is 15.8. The molecule has 0 unspecified atom stereocenters. The molecule has 158 valence electrons. The van der Waals surface area contributed by atoms with Gasteiger partial charge in [0.25, 0.3) is 5.91 Å². The molecule has 1 aromatic heterocycles. The number of rotatable bonds is 4. The lowest BCUT2D eigenvalue weighted by Gasteiger charge is -2.26. The zero-order chi connectivity index (χ0) is 21.3. The van der Waals surface area contributed by atoms with Gasteiger partial charge < -0.3 is 10.2 Å². The minimum absolute atomic E-state index is 0.0141. The van der Waals surface area contributed by atoms with E-state index in [-0.39, 0.29) is 17.7 Å². The highest BCUT2D eigenvalue weighted by atomic mass is 32.1. The number of hydrogen-bond donors (Lipinski definition) is 2. The Morgan fingerprint density at radius 3 is 2.90 bits per heavy atom. The van der Waals surface area contributed by atoms with Crippen LogP contribution in [0.4, 0.5) is 10.8 Å². The van der Waals surface area contributed by atoms with Gasteiger partial charge in [0.2, 0.25) is 11.8 Å². The van der Waals surface area contributed by atoms with Gasteiger partial charge >= 0.3 is 0 Å². The van der Waals surface area contributed by atoms with E-state index in [0.29, 0.717) is 49.0 Å². The summed E-state index contributed by atoms with van der Waals surface area (Å²) in [6.07, 6.45) is 3.30. The summed E-state index contributed by atoms with van der Waals surface area (Å²) in [6, 6.07) is 5.36. The number of hydrogen-bond acceptors (Lipinski definition) is 5. The van der Waals surface area contributed by atoms with Gasteiger partial charge in [-0.2, -0.15) is 0 Å². The number of aryl methyl sites for hydroxylation is 1. The van der Waals surface area contributed by atoms with Crippen molar-refractivity contribution in [2.45, 2.75) is 52.5 Å². The Kier molecular flexibility index (Phi) is 5.85. The zero-order valence-corrected chi connectivity index (χ0v) is 18.1. The summed E-state index contributed by atoms with van der Waals surface area (Å²) in [6.45, 7) is 5.33. The fourth-order valence-electron chi connectivity index (χ4n) is 3.83. The van der Waals surface area contributed by atoms with Gasteiger partial charge in [-0.05, 0) is 42.5 Å². The van der Waals surface area contributed by atoms with E-state index in [9.17, 15) is 14.4 Å². The fourth-order valence-corrected chi connectivity index (χ4v) is 4.84. The Morgan fingerprint density at radius 2 is 2.10 bits per heavy atom. The van der Waals surface area contributed by atoms with Gasteiger partial charge in [-0.1, -0.05) is 25.2 Å². The van der Waals surface area contributed by atoms with E-state index >= 15 is 0 Å². The monoisotopic (exact) mass is 426 g/mol. The predicted molar refractivity (Wildman–Crippen MR) is 117 cm³/mol. The number of fused-ring (bicyclic) bond motifs is 2. The molecule has 2 N–H and O–H groups in total. The lowest BCUT2D eigenvalue weighted by atomic mass is 10.0. The molecule has 2 aromatic rings. The van der Waals surface area contributed by atoms with Crippen molar-refractivity contribution in [3.8, 4) is 0 Å². The molecular weight excluding hydrogens is 400 g/mol. The largest absolute Gasteiger partial charge is 0.337 e. The van der Waals surface area contributed by atoms with Gasteiger partial charge in [0.1, 0.15) is 0 Å². The topological polar surface area (TPSA) is 91.4 Å². The molecule has 4 rings (SSSR count). The molecule has 0 bridgehead atoms. The highest BCUT2D eigenvalue weighted by Gasteiger charge is 2.25. The number of amides is 3. The Morgan fingerprint density at radius 1 is 1.27 bits per heavy atom. The Hall–Kier alpha value is -2.74. The third kappa shape index (κ3) is 4.53. The molecule has 30 heavy (non-hydrogen) atoms. The third-order valence-electron chi connectivity index (χ3n) is 5.38. The van der Waals surface area contributed by atoms with Crippen molar-refractivity contribution in [3.63, 3.8) is 0 Å². The second-order valence-corrected chi connectivity index (χ2v) is 9.36. The Labute approximate surface area is 179 Å². The van der Waals surface area contributed by atoms with Crippen LogP contribution in [0.3, 0.4) is 0 Å². The molecule has 1 aromatic carbocycles. The lowest BCUT2D eigenvalue weighted by Crippen LogP contribution is -2.36. The van der Waals surface area contributed by atoms with Crippen LogP contribution < -0.4 is 10.6 Å². The molecule has 8 heteroatoms. The second kappa shape index (κ2) is 8.55. The maximum Gasteiger partial charge on any atom is 0.257 e. The van der Waals surface area contributed by atoms with Crippen molar-refractivity contribution in [2.24, 2.45) is 5.92 Å². The Balaban J connectivity index is 1.44. The molecule has 0 fully saturated rings. The fraction of sp³-hybridized carbons (Fsp3) is 0.455. The molecule has 0 aliphatic carbocycles. The summed E-state index contributed by atoms with van der Waals surface area (Å²) in [7, 11) is 0. The molecule has 7 nitrogen and oxygen atoms in total. The minimum Gasteiger partial charge on any atom is -0.337 e. The number of anilines is 2. The van der Waals surface area contributed by atoms with Gasteiger partial charge in [-0.15, -0.1) is 0 Å². The molecular formula is C22H26N4O3S. The minimum atomic E-state index is -0.216. The molecule has 0 saturated heterocycles. The van der Waals surface area contributed by atoms with E-state index in [1.165, 1.54) is 11.3 Å². The number of carbonyl (C=O) groups excluding carboxylic acids is 3. The Bertz CT molecular complexity index is 998. The SMILES string of the molecule is CC(C)CC(=O)N1CCc2nc(NC(=O)c3ccc4c(c3)CCCC(=O)N4)sc2C1. The van der Waals surface area contributed by atoms with E-state index in [1.54, 1.807) is 12.1 Å². The second-order valence-electron chi connectivity index (χ2n) is 8.28. The molecule has 2 aliphatic rings. The van der Waals surface area contributed by atoms with Crippen molar-refractivity contribution in [3.05, 3.63) is 39.9 Å². The molecule has 0 spiro atoms. The van der Waals surface area contributed by atoms with Gasteiger partial charge in [-0.3, -0.25) is 19.7 Å². The molecule has 3 heterocycles. The zero-order valence-electron chi connectivity index (χ0n) is 17.3. The smallest absolute Gasteiger partial charge is 0.257 e. The van der Waals surface area contributed by atoms with Gasteiger partial charge in [-0.25, -0.2) is 4.98 Å². The van der Waals surface area contributed by atoms with Gasteiger partial charge in [0.15, 0.2) is 5.13 Å². The van der Waals surface area contributed by atoms with Crippen molar-refractivity contribution in [1.82, 2.24) is 9.88 Å². The average molecular weight is 427 g/mol. The van der Waals surface area contributed by atoms with Crippen LogP contribution in [0.2, 0.25) is 0 Å². The quantitative estimate of drug-likeness (QED) is 0.781. The van der Waals surface area contributed by atoms with Crippen molar-refractivity contribution >= 4 is 39.9 Å². The summed E-state index contributed by atoms with van der Waals surface area (Å²) >= 11 is 1.44. The van der Waals surface area contributed by atoms with E-state index < -0.39 is 0 Å². The predicted octanol–water partition coefficient (Wildman–Crippen LogP) is 3.60. The van der Waals surface area contributed by atoms with E-state index in [4.69, 9.17) is 0 Å². The highest BCUT2D eigenvalue weighted by molar-refractivity contribution is 7.15. The first-order valence-electron chi connectivity index (χ1n) is 10.4. The maximum absolute atomic E-state index is 12.8. The highest BCUT2D eigenvalue weighted by Crippen LogP contribution is 2.30. The number of nitrogens with zero attached hydrogens (tertiary/aromatic N) is 2. The van der Waals surface area contributed by atoms with Gasteiger partial charge in [0, 0.05) is 41.9 Å². The summed E-state index contributed by atoms with van der Waals surface area (Å²) < 4.78 is 0. The first-order chi connectivity index (χ1) is 14.4. The summed E-state index contributed by atoms with van der Waals surface area (Å²) in [5, 5.41) is 6.35. The number of aromatic nitrogens is 1. The summed E-state index contributed by atoms with van der Waals surface area (Å²) in [5.41, 5.74) is 3.27. The molecule has 0 radical (unpaired) electrons. The van der Waals surface area contributed by atoms with Crippen LogP contribution in [0.1, 0.15) is 59.6 Å². The van der Waals surface area contributed by atoms with E-state index in [2.05, 4.69) is 15.6 Å². The number of thiazole rings is 1. The van der Waals surface area contributed by atoms with Crippen molar-refractivity contribution in [1.29, 1.82) is 0 Å². The number of carbonyl (C=O) groups is 3. The first kappa shape index (κ1) is 20.5. The number of benzene rings is 1. The lowest BCUT2D eigenvalue weighted by molar-refractivity contribution is -0.132. The van der Waals surface area contributed by atoms with Crippen LogP contribution in [-0.4, -0.2) is 34.2 Å². The van der Waals surface area contributed by atoms with Crippen molar-refractivity contribution in [2.75, 3.05) is 17.2 Å². The molecule has 3 amide bonds. The first-order valence-corrected chi connectivity index (χ1v) is 11.2. The van der Waals surface area contributed by atoms with Crippen LogP contribution in [0.5, 0.6) is 0 Å². The summed E-state index contributed by atoms with van der Waals surface area (Å²) in [4.78, 5) is 44.3. The van der Waals surface area contributed by atoms with Gasteiger partial charge in [0.05, 0.1) is 12.2 Å². The van der Waals surface area contributed by atoms with Crippen LogP contribution in [0.15, 0.2) is 18.2 Å². The van der Waals surface area contributed by atoms with E-state index in [1.807, 2.05) is 24.8 Å². The van der Waals surface area contributed by atoms with Crippen LogP contribution in [0.25, 0.3) is 0 Å². The molecule has 2 aliphatic heterocycles. The van der Waals surface area contributed by atoms with E-state index in [0.717, 1.165) is 34.7 Å². The van der Waals surface area contributed by atoms with Crippen LogP contribution in [-0.2, 0) is 29.0 Å². The van der Waals surface area contributed by atoms with Crippen LogP contribution in [0, 0.1) is 5.92 Å². The summed E-state index contributed by atoms with van der Waals surface area (Å²) in [5.74, 6) is 0.309. The standard InChI is InChI=1S/C22H26N4O3S/c1-13(2)10-20(28)26-9-8-17-18(12-26)30-22(24-17)25-21(29)15-6-7-16-14(11-15)4-3-5-19(27)23-16/h6-7,11,13H,3-5,8-10,12H2,1-2H3,(H,23,27)(H,24,25,29). The average Bonchev–Trinajstić information content (AvgIpc) is 2.99. The van der Waals surface area contributed by atoms with Crippen molar-refractivity contribution < 1.29 is 14.4 Å². The molecule has 0 saturated carbocycles. The third-order valence-corrected chi connectivity index (χ3v) is 6.38. The van der Waals surface area contributed by atoms with Crippen LogP contribution >= 0.6 is 11.3 Å². The number of nitrogens with one attached hydrogen (secondary N) is 2. The maximum atomic E-state index is 12.8.